The zero-order chi connectivity index (χ0) is 26.8. The van der Waals surface area contributed by atoms with Gasteiger partial charge >= 0.3 is 5.97 Å². The largest absolute Gasteiger partial charge is 0.494 e. The van der Waals surface area contributed by atoms with Gasteiger partial charge < -0.3 is 14.2 Å². The summed E-state index contributed by atoms with van der Waals surface area (Å²) in [6, 6.07) is 17.8. The Morgan fingerprint density at radius 1 is 1.00 bits per heavy atom. The summed E-state index contributed by atoms with van der Waals surface area (Å²) < 4.78 is 17.6. The molecule has 1 amide bonds. The number of nitrogens with one attached hydrogen (secondary N) is 1. The summed E-state index contributed by atoms with van der Waals surface area (Å²) in [5, 5.41) is 4.02. The van der Waals surface area contributed by atoms with Gasteiger partial charge in [0.05, 0.1) is 18.4 Å². The van der Waals surface area contributed by atoms with Gasteiger partial charge in [-0.2, -0.15) is 5.10 Å². The molecule has 3 rings (SSSR count). The maximum Gasteiger partial charge on any atom is 0.343 e. The molecule has 0 saturated heterocycles. The Balaban J connectivity index is 1.62. The zero-order valence-electron chi connectivity index (χ0n) is 21.4. The van der Waals surface area contributed by atoms with Crippen LogP contribution < -0.4 is 19.6 Å². The number of carbonyl (C=O) groups is 2. The normalized spacial score (nSPS) is 11.0. The molecule has 37 heavy (non-hydrogen) atoms. The third-order valence-electron chi connectivity index (χ3n) is 5.28. The summed E-state index contributed by atoms with van der Waals surface area (Å²) in [7, 11) is 0. The van der Waals surface area contributed by atoms with Crippen LogP contribution in [0.2, 0.25) is 0 Å². The SMILES string of the molecule is CCCOc1ccc(C(=O)Oc2ccc(Br)cc2/C=N\NC(=O)COc2cc(C)ccc2C(C)C)cc1. The molecular formula is C29H31BrN2O5. The first kappa shape index (κ1) is 27.9. The number of amides is 1. The van der Waals surface area contributed by atoms with E-state index in [0.717, 1.165) is 22.0 Å². The lowest BCUT2D eigenvalue weighted by molar-refractivity contribution is -0.123. The third kappa shape index (κ3) is 8.46. The fraction of sp³-hybridized carbons (Fsp3) is 0.276. The number of carbonyl (C=O) groups excluding carboxylic acids is 2. The van der Waals surface area contributed by atoms with Crippen molar-refractivity contribution >= 4 is 34.0 Å². The number of ether oxygens (including phenoxy) is 3. The average Bonchev–Trinajstić information content (AvgIpc) is 2.87. The maximum absolute atomic E-state index is 12.7. The van der Waals surface area contributed by atoms with Crippen LogP contribution >= 0.6 is 15.9 Å². The van der Waals surface area contributed by atoms with E-state index in [4.69, 9.17) is 14.2 Å². The van der Waals surface area contributed by atoms with E-state index in [-0.39, 0.29) is 12.5 Å². The van der Waals surface area contributed by atoms with Crippen molar-refractivity contribution in [2.24, 2.45) is 5.10 Å². The minimum Gasteiger partial charge on any atom is -0.494 e. The summed E-state index contributed by atoms with van der Waals surface area (Å²) >= 11 is 3.41. The fourth-order valence-corrected chi connectivity index (χ4v) is 3.75. The standard InChI is InChI=1S/C29H31BrN2O5/c1-5-14-35-24-10-7-21(8-11-24)29(34)37-26-13-9-23(30)16-22(26)17-31-32-28(33)18-36-27-15-20(4)6-12-25(27)19(2)3/h6-13,15-17,19H,5,14,18H2,1-4H3,(H,32,33)/b31-17-. The lowest BCUT2D eigenvalue weighted by Gasteiger charge is -2.14. The van der Waals surface area contributed by atoms with Crippen molar-refractivity contribution in [3.63, 3.8) is 0 Å². The van der Waals surface area contributed by atoms with Crippen LogP contribution in [0.25, 0.3) is 0 Å². The van der Waals surface area contributed by atoms with E-state index in [1.54, 1.807) is 42.5 Å². The number of esters is 1. The molecular weight excluding hydrogens is 536 g/mol. The molecule has 0 unspecified atom stereocenters. The van der Waals surface area contributed by atoms with Crippen molar-refractivity contribution < 1.29 is 23.8 Å². The lowest BCUT2D eigenvalue weighted by atomic mass is 10.0. The van der Waals surface area contributed by atoms with Gasteiger partial charge in [0, 0.05) is 10.0 Å². The van der Waals surface area contributed by atoms with Gasteiger partial charge in [-0.05, 0) is 78.9 Å². The Morgan fingerprint density at radius 3 is 2.46 bits per heavy atom. The van der Waals surface area contributed by atoms with E-state index in [9.17, 15) is 9.59 Å². The summed E-state index contributed by atoms with van der Waals surface area (Å²) in [5.41, 5.74) is 5.43. The minimum absolute atomic E-state index is 0.182. The predicted molar refractivity (Wildman–Crippen MR) is 148 cm³/mol. The summed E-state index contributed by atoms with van der Waals surface area (Å²) in [4.78, 5) is 25.0. The van der Waals surface area contributed by atoms with Crippen molar-refractivity contribution in [3.8, 4) is 17.2 Å². The molecule has 0 spiro atoms. The van der Waals surface area contributed by atoms with Gasteiger partial charge in [-0.3, -0.25) is 4.79 Å². The Labute approximate surface area is 226 Å². The molecule has 0 aromatic heterocycles. The van der Waals surface area contributed by atoms with Crippen LogP contribution in [0.1, 0.15) is 60.2 Å². The van der Waals surface area contributed by atoms with Crippen LogP contribution in [0, 0.1) is 6.92 Å². The number of nitrogens with zero attached hydrogens (tertiary/aromatic N) is 1. The van der Waals surface area contributed by atoms with Gasteiger partial charge in [0.1, 0.15) is 17.2 Å². The molecule has 3 aromatic rings. The summed E-state index contributed by atoms with van der Waals surface area (Å²) in [6.07, 6.45) is 2.32. The van der Waals surface area contributed by atoms with Crippen LogP contribution in [0.15, 0.2) is 70.2 Å². The number of hydrogen-bond donors (Lipinski definition) is 1. The Kier molecular flexibility index (Phi) is 10.3. The molecule has 7 nitrogen and oxygen atoms in total. The van der Waals surface area contributed by atoms with Gasteiger partial charge in [-0.15, -0.1) is 0 Å². The zero-order valence-corrected chi connectivity index (χ0v) is 23.0. The number of rotatable bonds is 11. The van der Waals surface area contributed by atoms with E-state index < -0.39 is 11.9 Å². The molecule has 0 saturated carbocycles. The first-order valence-electron chi connectivity index (χ1n) is 12.1. The highest BCUT2D eigenvalue weighted by molar-refractivity contribution is 9.10. The van der Waals surface area contributed by atoms with Crippen LogP contribution in [0.3, 0.4) is 0 Å². The van der Waals surface area contributed by atoms with E-state index in [1.807, 2.05) is 32.0 Å². The second kappa shape index (κ2) is 13.6. The molecule has 0 heterocycles. The number of hydrazone groups is 1. The minimum atomic E-state index is -0.518. The molecule has 0 aliphatic carbocycles. The topological polar surface area (TPSA) is 86.2 Å². The molecule has 1 N–H and O–H groups in total. The molecule has 0 radical (unpaired) electrons. The number of aryl methyl sites for hydroxylation is 1. The highest BCUT2D eigenvalue weighted by atomic mass is 79.9. The average molecular weight is 567 g/mol. The van der Waals surface area contributed by atoms with Gasteiger partial charge in [0.2, 0.25) is 0 Å². The quantitative estimate of drug-likeness (QED) is 0.125. The first-order chi connectivity index (χ1) is 17.8. The van der Waals surface area contributed by atoms with Crippen molar-refractivity contribution in [1.29, 1.82) is 0 Å². The lowest BCUT2D eigenvalue weighted by Crippen LogP contribution is -2.25. The first-order valence-corrected chi connectivity index (χ1v) is 12.9. The number of halogens is 1. The molecule has 0 bridgehead atoms. The highest BCUT2D eigenvalue weighted by Crippen LogP contribution is 2.27. The Bertz CT molecular complexity index is 1260. The highest BCUT2D eigenvalue weighted by Gasteiger charge is 2.13. The van der Waals surface area contributed by atoms with Crippen molar-refractivity contribution in [2.45, 2.75) is 40.0 Å². The van der Waals surface area contributed by atoms with E-state index in [1.165, 1.54) is 6.21 Å². The number of hydrogen-bond acceptors (Lipinski definition) is 6. The number of benzene rings is 3. The summed E-state index contributed by atoms with van der Waals surface area (Å²) in [5.74, 6) is 1.01. The van der Waals surface area contributed by atoms with Crippen LogP contribution in [-0.4, -0.2) is 31.3 Å². The van der Waals surface area contributed by atoms with Gasteiger partial charge in [0.15, 0.2) is 6.61 Å². The second-order valence-corrected chi connectivity index (χ2v) is 9.64. The van der Waals surface area contributed by atoms with Gasteiger partial charge in [0.25, 0.3) is 5.91 Å². The van der Waals surface area contributed by atoms with Crippen LogP contribution in [0.5, 0.6) is 17.2 Å². The second-order valence-electron chi connectivity index (χ2n) is 8.72. The third-order valence-corrected chi connectivity index (χ3v) is 5.77. The van der Waals surface area contributed by atoms with Crippen LogP contribution in [0.4, 0.5) is 0 Å². The monoisotopic (exact) mass is 566 g/mol. The molecule has 0 aliphatic heterocycles. The van der Waals surface area contributed by atoms with Gasteiger partial charge in [-0.25, -0.2) is 10.2 Å². The molecule has 0 atom stereocenters. The smallest absolute Gasteiger partial charge is 0.343 e. The summed E-state index contributed by atoms with van der Waals surface area (Å²) in [6.45, 7) is 8.57. The molecule has 3 aromatic carbocycles. The van der Waals surface area contributed by atoms with E-state index in [2.05, 4.69) is 40.3 Å². The Hall–Kier alpha value is -3.65. The molecule has 0 fully saturated rings. The van der Waals surface area contributed by atoms with Crippen LogP contribution in [-0.2, 0) is 4.79 Å². The fourth-order valence-electron chi connectivity index (χ4n) is 3.37. The van der Waals surface area contributed by atoms with E-state index >= 15 is 0 Å². The van der Waals surface area contributed by atoms with E-state index in [0.29, 0.717) is 35.0 Å². The molecule has 8 heteroatoms. The van der Waals surface area contributed by atoms with Crippen molar-refractivity contribution in [1.82, 2.24) is 5.43 Å². The molecule has 0 aliphatic rings. The van der Waals surface area contributed by atoms with Gasteiger partial charge in [-0.1, -0.05) is 48.8 Å². The van der Waals surface area contributed by atoms with Crippen molar-refractivity contribution in [3.05, 3.63) is 87.4 Å². The molecule has 194 valence electrons. The van der Waals surface area contributed by atoms with Crippen molar-refractivity contribution in [2.75, 3.05) is 13.2 Å². The maximum atomic E-state index is 12.7. The predicted octanol–water partition coefficient (Wildman–Crippen LogP) is 6.42. The Morgan fingerprint density at radius 2 is 1.76 bits per heavy atom.